The van der Waals surface area contributed by atoms with E-state index >= 15 is 0 Å². The first-order chi connectivity index (χ1) is 8.99. The summed E-state index contributed by atoms with van der Waals surface area (Å²) < 4.78 is 5.63. The molecule has 19 heavy (non-hydrogen) atoms. The molecule has 2 heterocycles. The van der Waals surface area contributed by atoms with Gasteiger partial charge in [0.2, 0.25) is 11.8 Å². The fraction of sp³-hybridized carbons (Fsp3) is 0.857. The molecule has 2 unspecified atom stereocenters. The first kappa shape index (κ1) is 12.9. The highest BCUT2D eigenvalue weighted by atomic mass is 16.5. The van der Waals surface area contributed by atoms with Gasteiger partial charge in [0.05, 0.1) is 6.10 Å². The van der Waals surface area contributed by atoms with Gasteiger partial charge in [-0.05, 0) is 45.4 Å². The summed E-state index contributed by atoms with van der Waals surface area (Å²) in [6, 6.07) is -0.273. The predicted molar refractivity (Wildman–Crippen MR) is 69.4 cm³/mol. The van der Waals surface area contributed by atoms with E-state index < -0.39 is 5.54 Å². The summed E-state index contributed by atoms with van der Waals surface area (Å²) in [5, 5.41) is 2.86. The minimum absolute atomic E-state index is 0.00472. The second-order valence-corrected chi connectivity index (χ2v) is 6.49. The molecule has 5 heteroatoms. The van der Waals surface area contributed by atoms with Crippen molar-refractivity contribution >= 4 is 11.8 Å². The third kappa shape index (κ3) is 2.36. The Balaban J connectivity index is 1.80. The zero-order valence-corrected chi connectivity index (χ0v) is 11.6. The molecule has 1 aliphatic carbocycles. The van der Waals surface area contributed by atoms with Crippen molar-refractivity contribution in [3.8, 4) is 0 Å². The van der Waals surface area contributed by atoms with Crippen LogP contribution in [0.3, 0.4) is 0 Å². The Labute approximate surface area is 113 Å². The Morgan fingerprint density at radius 1 is 1.32 bits per heavy atom. The quantitative estimate of drug-likeness (QED) is 0.817. The van der Waals surface area contributed by atoms with E-state index in [9.17, 15) is 9.59 Å². The maximum Gasteiger partial charge on any atom is 0.248 e. The van der Waals surface area contributed by atoms with Crippen molar-refractivity contribution in [2.75, 3.05) is 13.2 Å². The number of ether oxygens (including phenoxy) is 1. The monoisotopic (exact) mass is 266 g/mol. The van der Waals surface area contributed by atoms with Crippen molar-refractivity contribution in [3.63, 3.8) is 0 Å². The van der Waals surface area contributed by atoms with Crippen LogP contribution in [0.2, 0.25) is 0 Å². The molecule has 0 bridgehead atoms. The molecule has 1 saturated carbocycles. The molecule has 5 nitrogen and oxygen atoms in total. The summed E-state index contributed by atoms with van der Waals surface area (Å²) in [6.07, 6.45) is 4.24. The van der Waals surface area contributed by atoms with Crippen LogP contribution < -0.4 is 5.32 Å². The van der Waals surface area contributed by atoms with Gasteiger partial charge in [-0.15, -0.1) is 0 Å². The van der Waals surface area contributed by atoms with Gasteiger partial charge in [0, 0.05) is 13.2 Å². The van der Waals surface area contributed by atoms with Crippen molar-refractivity contribution in [3.05, 3.63) is 0 Å². The summed E-state index contributed by atoms with van der Waals surface area (Å²) in [4.78, 5) is 26.6. The largest absolute Gasteiger partial charge is 0.376 e. The lowest BCUT2D eigenvalue weighted by atomic mass is 9.94. The van der Waals surface area contributed by atoms with Gasteiger partial charge in [-0.25, -0.2) is 0 Å². The molecule has 3 rings (SSSR count). The smallest absolute Gasteiger partial charge is 0.248 e. The molecule has 2 saturated heterocycles. The molecule has 3 aliphatic rings. The number of nitrogens with one attached hydrogen (secondary N) is 1. The van der Waals surface area contributed by atoms with Crippen LogP contribution in [-0.2, 0) is 14.3 Å². The van der Waals surface area contributed by atoms with Crippen LogP contribution in [0, 0.1) is 5.92 Å². The number of rotatable bonds is 3. The molecule has 106 valence electrons. The summed E-state index contributed by atoms with van der Waals surface area (Å²) in [6.45, 7) is 4.89. The Bertz CT molecular complexity index is 397. The first-order valence-electron chi connectivity index (χ1n) is 7.24. The van der Waals surface area contributed by atoms with Crippen molar-refractivity contribution in [1.82, 2.24) is 10.2 Å². The highest BCUT2D eigenvalue weighted by molar-refractivity contribution is 5.99. The van der Waals surface area contributed by atoms with Crippen LogP contribution >= 0.6 is 0 Å². The molecule has 0 aromatic rings. The lowest BCUT2D eigenvalue weighted by molar-refractivity contribution is -0.156. The Morgan fingerprint density at radius 2 is 2.05 bits per heavy atom. The van der Waals surface area contributed by atoms with Crippen molar-refractivity contribution in [1.29, 1.82) is 0 Å². The normalized spacial score (nSPS) is 34.5. The number of hydrogen-bond acceptors (Lipinski definition) is 3. The number of carbonyl (C=O) groups is 2. The lowest BCUT2D eigenvalue weighted by Gasteiger charge is -2.43. The summed E-state index contributed by atoms with van der Waals surface area (Å²) in [5.74, 6) is 0.381. The van der Waals surface area contributed by atoms with Gasteiger partial charge in [0.25, 0.3) is 0 Å². The van der Waals surface area contributed by atoms with Gasteiger partial charge in [-0.3, -0.25) is 9.59 Å². The lowest BCUT2D eigenvalue weighted by Crippen LogP contribution is -2.69. The van der Waals surface area contributed by atoms with Gasteiger partial charge < -0.3 is 15.0 Å². The van der Waals surface area contributed by atoms with Crippen molar-refractivity contribution < 1.29 is 14.3 Å². The van der Waals surface area contributed by atoms with Gasteiger partial charge in [0.15, 0.2) is 0 Å². The van der Waals surface area contributed by atoms with Crippen LogP contribution in [-0.4, -0.2) is 47.6 Å². The van der Waals surface area contributed by atoms with E-state index in [-0.39, 0.29) is 24.0 Å². The zero-order valence-electron chi connectivity index (χ0n) is 11.6. The summed E-state index contributed by atoms with van der Waals surface area (Å²) >= 11 is 0. The van der Waals surface area contributed by atoms with E-state index in [0.29, 0.717) is 12.5 Å². The molecular weight excluding hydrogens is 244 g/mol. The molecule has 2 aliphatic heterocycles. The van der Waals surface area contributed by atoms with E-state index in [1.807, 2.05) is 0 Å². The molecule has 0 aromatic carbocycles. The maximum absolute atomic E-state index is 12.6. The van der Waals surface area contributed by atoms with Crippen LogP contribution in [0.5, 0.6) is 0 Å². The highest BCUT2D eigenvalue weighted by Crippen LogP contribution is 2.38. The number of carbonyl (C=O) groups excluding carboxylic acids is 2. The fourth-order valence-corrected chi connectivity index (χ4v) is 3.15. The fourth-order valence-electron chi connectivity index (χ4n) is 3.15. The average molecular weight is 266 g/mol. The van der Waals surface area contributed by atoms with Gasteiger partial charge >= 0.3 is 0 Å². The first-order valence-corrected chi connectivity index (χ1v) is 7.24. The Hall–Kier alpha value is -1.10. The Kier molecular flexibility index (Phi) is 3.04. The van der Waals surface area contributed by atoms with Gasteiger partial charge in [-0.1, -0.05) is 0 Å². The summed E-state index contributed by atoms with van der Waals surface area (Å²) in [5.41, 5.74) is -0.791. The van der Waals surface area contributed by atoms with Crippen LogP contribution in [0.25, 0.3) is 0 Å². The number of amides is 2. The molecule has 0 spiro atoms. The summed E-state index contributed by atoms with van der Waals surface area (Å²) in [7, 11) is 0. The van der Waals surface area contributed by atoms with E-state index in [0.717, 1.165) is 32.3 Å². The van der Waals surface area contributed by atoms with E-state index in [1.54, 1.807) is 18.7 Å². The SMILES string of the molecule is CC1(C)NC(=O)C(C2CC2)N(CC2CCCO2)C1=O. The maximum atomic E-state index is 12.6. The molecule has 0 radical (unpaired) electrons. The highest BCUT2D eigenvalue weighted by Gasteiger charge is 2.51. The number of hydrogen-bond donors (Lipinski definition) is 1. The van der Waals surface area contributed by atoms with Crippen molar-refractivity contribution in [2.24, 2.45) is 5.92 Å². The predicted octanol–water partition coefficient (Wildman–Crippen LogP) is 0.681. The minimum Gasteiger partial charge on any atom is -0.376 e. The molecule has 2 amide bonds. The van der Waals surface area contributed by atoms with E-state index in [4.69, 9.17) is 4.74 Å². The molecule has 3 fully saturated rings. The second kappa shape index (κ2) is 4.47. The minimum atomic E-state index is -0.791. The number of nitrogens with zero attached hydrogens (tertiary/aromatic N) is 1. The van der Waals surface area contributed by atoms with Crippen LogP contribution in [0.4, 0.5) is 0 Å². The molecule has 1 N–H and O–H groups in total. The van der Waals surface area contributed by atoms with Crippen LogP contribution in [0.1, 0.15) is 39.5 Å². The average Bonchev–Trinajstić information content (AvgIpc) is 3.02. The molecular formula is C14H22N2O3. The number of piperazine rings is 1. The third-order valence-corrected chi connectivity index (χ3v) is 4.33. The standard InChI is InChI=1S/C14H22N2O3/c1-14(2)13(18)16(8-10-4-3-7-19-10)11(9-5-6-9)12(17)15-14/h9-11H,3-8H2,1-2H3,(H,15,17). The zero-order chi connectivity index (χ0) is 13.6. The van der Waals surface area contributed by atoms with Gasteiger partial charge in [-0.2, -0.15) is 0 Å². The third-order valence-electron chi connectivity index (χ3n) is 4.33. The Morgan fingerprint density at radius 3 is 2.63 bits per heavy atom. The topological polar surface area (TPSA) is 58.6 Å². The molecule has 2 atom stereocenters. The second-order valence-electron chi connectivity index (χ2n) is 6.49. The van der Waals surface area contributed by atoms with E-state index in [2.05, 4.69) is 5.32 Å². The van der Waals surface area contributed by atoms with Crippen LogP contribution in [0.15, 0.2) is 0 Å². The van der Waals surface area contributed by atoms with E-state index in [1.165, 1.54) is 0 Å². The van der Waals surface area contributed by atoms with Crippen molar-refractivity contribution in [2.45, 2.75) is 57.2 Å². The molecule has 0 aromatic heterocycles. The van der Waals surface area contributed by atoms with Gasteiger partial charge in [0.1, 0.15) is 11.6 Å².